The predicted octanol–water partition coefficient (Wildman–Crippen LogP) is 6.23. The first kappa shape index (κ1) is 14.9. The van der Waals surface area contributed by atoms with Gasteiger partial charge in [-0.1, -0.05) is 54.6 Å². The largest absolute Gasteiger partial charge is 0.286 e. The van der Waals surface area contributed by atoms with Crippen LogP contribution in [-0.2, 0) is 0 Å². The molecular formula is C28H12O2. The Balaban J connectivity index is 2.00. The third kappa shape index (κ3) is 1.43. The Morgan fingerprint density at radius 2 is 0.900 bits per heavy atom. The minimum Gasteiger partial charge on any atom is -0.286 e. The second-order valence-electron chi connectivity index (χ2n) is 8.39. The van der Waals surface area contributed by atoms with E-state index >= 15 is 0 Å². The molecule has 8 aromatic carbocycles. The summed E-state index contributed by atoms with van der Waals surface area (Å²) >= 11 is 0. The van der Waals surface area contributed by atoms with Crippen molar-refractivity contribution >= 4 is 75.4 Å². The van der Waals surface area contributed by atoms with E-state index in [-0.39, 0.29) is 0 Å². The number of hydrogen-bond acceptors (Lipinski definition) is 2. The summed E-state index contributed by atoms with van der Waals surface area (Å²) in [7, 11) is 0. The van der Waals surface area contributed by atoms with Crippen molar-refractivity contribution in [2.24, 2.45) is 0 Å². The van der Waals surface area contributed by atoms with E-state index in [1.54, 1.807) is 6.07 Å². The molecule has 0 N–H and O–H groups in total. The molecule has 0 unspecified atom stereocenters. The summed E-state index contributed by atoms with van der Waals surface area (Å²) in [4.78, 5) is 25.6. The summed E-state index contributed by atoms with van der Waals surface area (Å²) in [5, 5.41) is 15.2. The lowest BCUT2D eigenvalue weighted by molar-refractivity contribution is 1.57. The lowest BCUT2D eigenvalue weighted by Crippen LogP contribution is -2.22. The third-order valence-electron chi connectivity index (χ3n) is 7.01. The van der Waals surface area contributed by atoms with Gasteiger partial charge in [-0.05, 0) is 77.4 Å². The average molecular weight is 380 g/mol. The van der Waals surface area contributed by atoms with E-state index in [1.807, 2.05) is 18.2 Å². The highest BCUT2D eigenvalue weighted by Crippen LogP contribution is 2.50. The summed E-state index contributed by atoms with van der Waals surface area (Å²) in [6.45, 7) is 0. The minimum atomic E-state index is -0.432. The zero-order valence-corrected chi connectivity index (χ0v) is 15.7. The molecule has 0 radical (unpaired) electrons. The zero-order valence-electron chi connectivity index (χ0n) is 15.7. The molecule has 0 aliphatic rings. The molecule has 0 atom stereocenters. The lowest BCUT2D eigenvalue weighted by Gasteiger charge is -2.21. The van der Waals surface area contributed by atoms with Crippen LogP contribution in [0.4, 0.5) is 0 Å². The Kier molecular flexibility index (Phi) is 2.27. The van der Waals surface area contributed by atoms with Crippen molar-refractivity contribution in [1.82, 2.24) is 0 Å². The fourth-order valence-electron chi connectivity index (χ4n) is 5.93. The first-order valence-electron chi connectivity index (χ1n) is 10.1. The topological polar surface area (TPSA) is 34.1 Å². The summed E-state index contributed by atoms with van der Waals surface area (Å²) < 4.78 is 0. The predicted molar refractivity (Wildman–Crippen MR) is 126 cm³/mol. The van der Waals surface area contributed by atoms with Crippen molar-refractivity contribution < 1.29 is 0 Å². The summed E-state index contributed by atoms with van der Waals surface area (Å²) in [5.41, 5.74) is -0.836. The van der Waals surface area contributed by atoms with E-state index in [0.29, 0.717) is 5.39 Å². The Morgan fingerprint density at radius 1 is 0.400 bits per heavy atom. The quantitative estimate of drug-likeness (QED) is 0.177. The van der Waals surface area contributed by atoms with E-state index in [9.17, 15) is 9.59 Å². The maximum absolute atomic E-state index is 12.9. The van der Waals surface area contributed by atoms with Gasteiger partial charge in [-0.3, -0.25) is 9.59 Å². The summed E-state index contributed by atoms with van der Waals surface area (Å²) in [6, 6.07) is 24.8. The summed E-state index contributed by atoms with van der Waals surface area (Å²) in [6.07, 6.45) is 0. The van der Waals surface area contributed by atoms with Crippen molar-refractivity contribution in [3.8, 4) is 0 Å². The highest BCUT2D eigenvalue weighted by Gasteiger charge is 2.23. The lowest BCUT2D eigenvalue weighted by atomic mass is 9.81. The molecular weight excluding hydrogens is 368 g/mol. The van der Waals surface area contributed by atoms with Crippen LogP contribution < -0.4 is 10.9 Å². The van der Waals surface area contributed by atoms with Gasteiger partial charge in [0.15, 0.2) is 0 Å². The smallest absolute Gasteiger partial charge is 0.233 e. The monoisotopic (exact) mass is 380 g/mol. The van der Waals surface area contributed by atoms with E-state index in [1.165, 1.54) is 43.1 Å². The van der Waals surface area contributed by atoms with Gasteiger partial charge in [0.25, 0.3) is 0 Å². The standard InChI is InChI=1S/C28H12O2/c29-21-12-19-18-9-2-5-14-10-13-4-1-7-16-17-8-3-6-15-11-20(28(21)30)25(19)27(24(15)17)26(22(13)16)23(14)18/h1-12H. The van der Waals surface area contributed by atoms with Gasteiger partial charge in [0.1, 0.15) is 0 Å². The van der Waals surface area contributed by atoms with Crippen LogP contribution in [0.15, 0.2) is 82.4 Å². The molecule has 8 aromatic rings. The molecule has 30 heavy (non-hydrogen) atoms. The number of benzene rings is 8. The van der Waals surface area contributed by atoms with Gasteiger partial charge in [-0.2, -0.15) is 0 Å². The van der Waals surface area contributed by atoms with Crippen LogP contribution in [0.3, 0.4) is 0 Å². The van der Waals surface area contributed by atoms with Gasteiger partial charge in [-0.25, -0.2) is 0 Å². The van der Waals surface area contributed by atoms with Crippen molar-refractivity contribution in [2.45, 2.75) is 0 Å². The van der Waals surface area contributed by atoms with Gasteiger partial charge < -0.3 is 0 Å². The van der Waals surface area contributed by atoms with Gasteiger partial charge in [0.05, 0.1) is 0 Å². The minimum absolute atomic E-state index is 0.404. The second kappa shape index (κ2) is 4.58. The number of rotatable bonds is 0. The van der Waals surface area contributed by atoms with Crippen LogP contribution in [0.25, 0.3) is 75.4 Å². The van der Waals surface area contributed by atoms with Crippen molar-refractivity contribution in [3.63, 3.8) is 0 Å². The molecule has 8 rings (SSSR count). The van der Waals surface area contributed by atoms with Crippen LogP contribution in [0, 0.1) is 0 Å². The molecule has 0 spiro atoms. The molecule has 0 heterocycles. The maximum atomic E-state index is 12.9. The normalized spacial score (nSPS) is 12.9. The molecule has 0 amide bonds. The molecule has 0 aliphatic heterocycles. The molecule has 2 nitrogen and oxygen atoms in total. The van der Waals surface area contributed by atoms with Crippen LogP contribution in [0.5, 0.6) is 0 Å². The van der Waals surface area contributed by atoms with Crippen LogP contribution in [0.2, 0.25) is 0 Å². The van der Waals surface area contributed by atoms with Gasteiger partial charge in [0.2, 0.25) is 10.9 Å². The number of fused-ring (bicyclic) bond motifs is 2. The highest BCUT2D eigenvalue weighted by molar-refractivity contribution is 6.48. The number of hydrogen-bond donors (Lipinski definition) is 0. The first-order valence-corrected chi connectivity index (χ1v) is 10.1. The SMILES string of the molecule is O=c1cc2c3cccc4cc5cccc6c7cccc8cc(c1=O)c2c(c87)c(c56)c43. The third-order valence-corrected chi connectivity index (χ3v) is 7.01. The molecule has 0 aliphatic carbocycles. The first-order chi connectivity index (χ1) is 14.7. The van der Waals surface area contributed by atoms with Crippen molar-refractivity contribution in [2.75, 3.05) is 0 Å². The van der Waals surface area contributed by atoms with Gasteiger partial charge in [0, 0.05) is 16.2 Å². The maximum Gasteiger partial charge on any atom is 0.233 e. The fourth-order valence-corrected chi connectivity index (χ4v) is 5.93. The Hall–Kier alpha value is -4.04. The summed E-state index contributed by atoms with van der Waals surface area (Å²) in [5.74, 6) is 0. The second-order valence-corrected chi connectivity index (χ2v) is 8.39. The molecule has 0 fully saturated rings. The molecule has 0 bridgehead atoms. The molecule has 0 saturated carbocycles. The highest BCUT2D eigenvalue weighted by atomic mass is 16.2. The molecule has 0 aromatic heterocycles. The van der Waals surface area contributed by atoms with E-state index in [2.05, 4.69) is 48.5 Å². The van der Waals surface area contributed by atoms with E-state index in [0.717, 1.165) is 26.9 Å². The Bertz CT molecular complexity index is 2090. The average Bonchev–Trinajstić information content (AvgIpc) is 2.77. The van der Waals surface area contributed by atoms with Crippen molar-refractivity contribution in [1.29, 1.82) is 0 Å². The van der Waals surface area contributed by atoms with E-state index < -0.39 is 10.9 Å². The van der Waals surface area contributed by atoms with Crippen LogP contribution >= 0.6 is 0 Å². The zero-order chi connectivity index (χ0) is 19.7. The Labute approximate surface area is 168 Å². The van der Waals surface area contributed by atoms with Crippen molar-refractivity contribution in [3.05, 3.63) is 93.2 Å². The molecule has 136 valence electrons. The molecule has 0 saturated heterocycles. The van der Waals surface area contributed by atoms with Gasteiger partial charge in [-0.15, -0.1) is 0 Å². The van der Waals surface area contributed by atoms with Crippen LogP contribution in [0.1, 0.15) is 0 Å². The molecule has 2 heteroatoms. The fraction of sp³-hybridized carbons (Fsp3) is 0. The van der Waals surface area contributed by atoms with Crippen LogP contribution in [-0.4, -0.2) is 0 Å². The Morgan fingerprint density at radius 3 is 1.50 bits per heavy atom. The van der Waals surface area contributed by atoms with Gasteiger partial charge >= 0.3 is 0 Å². The van der Waals surface area contributed by atoms with E-state index in [4.69, 9.17) is 0 Å².